The van der Waals surface area contributed by atoms with Crippen LogP contribution in [0, 0.1) is 0 Å². The second-order valence-corrected chi connectivity index (χ2v) is 6.83. The zero-order chi connectivity index (χ0) is 18.9. The van der Waals surface area contributed by atoms with E-state index >= 15 is 0 Å². The van der Waals surface area contributed by atoms with Gasteiger partial charge in [-0.25, -0.2) is 4.98 Å². The van der Waals surface area contributed by atoms with Crippen molar-refractivity contribution in [2.45, 2.75) is 6.04 Å². The first-order valence-corrected chi connectivity index (χ1v) is 9.17. The Morgan fingerprint density at radius 1 is 1.00 bits per heavy atom. The van der Waals surface area contributed by atoms with Crippen molar-refractivity contribution in [1.82, 2.24) is 15.3 Å². The van der Waals surface area contributed by atoms with Crippen LogP contribution in [0.2, 0.25) is 0 Å². The summed E-state index contributed by atoms with van der Waals surface area (Å²) in [6.07, 6.45) is 5.16. The first-order chi connectivity index (χ1) is 13.8. The maximum atomic E-state index is 12.5. The number of aromatic nitrogens is 2. The third-order valence-electron chi connectivity index (χ3n) is 4.99. The van der Waals surface area contributed by atoms with Crippen LogP contribution in [-0.2, 0) is 0 Å². The van der Waals surface area contributed by atoms with E-state index in [4.69, 9.17) is 4.42 Å². The standard InChI is InChI=1S/C22H18N4O2/c27-22(25-17-13-26(14-17)20-3-1-2-10-23-20)16-6-4-15(5-7-16)21-18-9-12-28-19(18)8-11-24-21/h1-12,17H,13-14H2,(H,25,27). The molecule has 4 aromatic rings. The molecule has 0 unspecified atom stereocenters. The maximum Gasteiger partial charge on any atom is 0.251 e. The van der Waals surface area contributed by atoms with Gasteiger partial charge in [-0.3, -0.25) is 9.78 Å². The number of pyridine rings is 2. The molecule has 0 bridgehead atoms. The summed E-state index contributed by atoms with van der Waals surface area (Å²) < 4.78 is 5.43. The number of carbonyl (C=O) groups excluding carboxylic acids is 1. The number of furan rings is 1. The Balaban J connectivity index is 1.25. The number of amides is 1. The third-order valence-corrected chi connectivity index (χ3v) is 4.99. The number of benzene rings is 1. The number of nitrogens with one attached hydrogen (secondary N) is 1. The third kappa shape index (κ3) is 2.99. The van der Waals surface area contributed by atoms with Crippen molar-refractivity contribution < 1.29 is 9.21 Å². The van der Waals surface area contributed by atoms with Crippen molar-refractivity contribution in [2.75, 3.05) is 18.0 Å². The predicted octanol–water partition coefficient (Wildman–Crippen LogP) is 3.51. The topological polar surface area (TPSA) is 71.3 Å². The lowest BCUT2D eigenvalue weighted by Gasteiger charge is -2.40. The minimum absolute atomic E-state index is 0.0632. The molecular formula is C22H18N4O2. The Bertz CT molecular complexity index is 1120. The first-order valence-electron chi connectivity index (χ1n) is 9.17. The van der Waals surface area contributed by atoms with E-state index in [1.54, 1.807) is 18.7 Å². The Morgan fingerprint density at radius 3 is 2.64 bits per heavy atom. The highest BCUT2D eigenvalue weighted by Crippen LogP contribution is 2.27. The van der Waals surface area contributed by atoms with Crippen LogP contribution in [0.25, 0.3) is 22.2 Å². The van der Waals surface area contributed by atoms with Gasteiger partial charge in [-0.05, 0) is 36.4 Å². The highest BCUT2D eigenvalue weighted by Gasteiger charge is 2.29. The fraction of sp³-hybridized carbons (Fsp3) is 0.136. The number of hydrogen-bond acceptors (Lipinski definition) is 5. The van der Waals surface area contributed by atoms with Gasteiger partial charge in [0.1, 0.15) is 11.4 Å². The van der Waals surface area contributed by atoms with Crippen molar-refractivity contribution in [3.63, 3.8) is 0 Å². The average Bonchev–Trinajstić information content (AvgIpc) is 3.20. The summed E-state index contributed by atoms with van der Waals surface area (Å²) in [5, 5.41) is 4.04. The van der Waals surface area contributed by atoms with Crippen molar-refractivity contribution in [3.05, 3.63) is 78.8 Å². The second kappa shape index (κ2) is 6.81. The van der Waals surface area contributed by atoms with Gasteiger partial charge < -0.3 is 14.6 Å². The summed E-state index contributed by atoms with van der Waals surface area (Å²) >= 11 is 0. The maximum absolute atomic E-state index is 12.5. The molecule has 5 rings (SSSR count). The van der Waals surface area contributed by atoms with Gasteiger partial charge in [-0.1, -0.05) is 18.2 Å². The normalized spacial score (nSPS) is 14.1. The van der Waals surface area contributed by atoms with Gasteiger partial charge in [0.25, 0.3) is 5.91 Å². The van der Waals surface area contributed by atoms with E-state index in [1.165, 1.54) is 0 Å². The lowest BCUT2D eigenvalue weighted by molar-refractivity contribution is 0.0930. The number of fused-ring (bicyclic) bond motifs is 1. The molecule has 1 fully saturated rings. The van der Waals surface area contributed by atoms with Crippen molar-refractivity contribution in [1.29, 1.82) is 0 Å². The van der Waals surface area contributed by atoms with Gasteiger partial charge in [0.15, 0.2) is 0 Å². The predicted molar refractivity (Wildman–Crippen MR) is 107 cm³/mol. The van der Waals surface area contributed by atoms with Crippen molar-refractivity contribution in [3.8, 4) is 11.3 Å². The Kier molecular flexibility index (Phi) is 4.01. The van der Waals surface area contributed by atoms with Gasteiger partial charge in [0, 0.05) is 42.0 Å². The molecule has 1 amide bonds. The van der Waals surface area contributed by atoms with E-state index in [0.29, 0.717) is 5.56 Å². The van der Waals surface area contributed by atoms with E-state index in [2.05, 4.69) is 20.2 Å². The highest BCUT2D eigenvalue weighted by atomic mass is 16.3. The van der Waals surface area contributed by atoms with Gasteiger partial charge in [0.05, 0.1) is 18.0 Å². The molecule has 28 heavy (non-hydrogen) atoms. The zero-order valence-electron chi connectivity index (χ0n) is 15.1. The Morgan fingerprint density at radius 2 is 1.86 bits per heavy atom. The molecule has 0 spiro atoms. The van der Waals surface area contributed by atoms with E-state index in [9.17, 15) is 4.79 Å². The van der Waals surface area contributed by atoms with Crippen LogP contribution in [0.4, 0.5) is 5.82 Å². The van der Waals surface area contributed by atoms with E-state index in [1.807, 2.05) is 54.6 Å². The second-order valence-electron chi connectivity index (χ2n) is 6.83. The lowest BCUT2D eigenvalue weighted by atomic mass is 10.0. The molecular weight excluding hydrogens is 352 g/mol. The summed E-state index contributed by atoms with van der Waals surface area (Å²) in [5.74, 6) is 0.880. The molecule has 1 aliphatic heterocycles. The monoisotopic (exact) mass is 370 g/mol. The van der Waals surface area contributed by atoms with Crippen molar-refractivity contribution in [2.24, 2.45) is 0 Å². The van der Waals surface area contributed by atoms with Crippen molar-refractivity contribution >= 4 is 22.7 Å². The zero-order valence-corrected chi connectivity index (χ0v) is 15.1. The largest absolute Gasteiger partial charge is 0.464 e. The van der Waals surface area contributed by atoms with Gasteiger partial charge in [-0.2, -0.15) is 0 Å². The van der Waals surface area contributed by atoms with Crippen LogP contribution < -0.4 is 10.2 Å². The molecule has 1 aliphatic rings. The van der Waals surface area contributed by atoms with Crippen LogP contribution in [0.3, 0.4) is 0 Å². The minimum Gasteiger partial charge on any atom is -0.464 e. The van der Waals surface area contributed by atoms with Crippen LogP contribution in [0.1, 0.15) is 10.4 Å². The molecule has 0 aliphatic carbocycles. The summed E-state index contributed by atoms with van der Waals surface area (Å²) in [7, 11) is 0. The Hall–Kier alpha value is -3.67. The number of anilines is 1. The van der Waals surface area contributed by atoms with Crippen LogP contribution in [0.15, 0.2) is 77.7 Å². The summed E-state index contributed by atoms with van der Waals surface area (Å²) in [5.41, 5.74) is 3.24. The fourth-order valence-corrected chi connectivity index (χ4v) is 3.47. The van der Waals surface area contributed by atoms with E-state index in [-0.39, 0.29) is 11.9 Å². The van der Waals surface area contributed by atoms with Gasteiger partial charge in [0.2, 0.25) is 0 Å². The minimum atomic E-state index is -0.0632. The van der Waals surface area contributed by atoms with Gasteiger partial charge in [-0.15, -0.1) is 0 Å². The smallest absolute Gasteiger partial charge is 0.251 e. The molecule has 1 N–H and O–H groups in total. The summed E-state index contributed by atoms with van der Waals surface area (Å²) in [6.45, 7) is 1.54. The number of nitrogens with zero attached hydrogens (tertiary/aromatic N) is 3. The quantitative estimate of drug-likeness (QED) is 0.595. The van der Waals surface area contributed by atoms with Crippen LogP contribution in [0.5, 0.6) is 0 Å². The molecule has 6 heteroatoms. The van der Waals surface area contributed by atoms with Crippen LogP contribution in [-0.4, -0.2) is 35.0 Å². The molecule has 4 heterocycles. The van der Waals surface area contributed by atoms with Gasteiger partial charge >= 0.3 is 0 Å². The molecule has 1 aromatic carbocycles. The van der Waals surface area contributed by atoms with Crippen LogP contribution >= 0.6 is 0 Å². The number of hydrogen-bond donors (Lipinski definition) is 1. The first kappa shape index (κ1) is 16.5. The molecule has 138 valence electrons. The molecule has 1 saturated heterocycles. The number of carbonyl (C=O) groups is 1. The SMILES string of the molecule is O=C(NC1CN(c2ccccn2)C1)c1ccc(-c2nccc3occc23)cc1. The summed E-state index contributed by atoms with van der Waals surface area (Å²) in [6, 6.07) is 17.2. The van der Waals surface area contributed by atoms with E-state index in [0.717, 1.165) is 41.1 Å². The fourth-order valence-electron chi connectivity index (χ4n) is 3.47. The number of rotatable bonds is 4. The molecule has 6 nitrogen and oxygen atoms in total. The molecule has 0 radical (unpaired) electrons. The Labute approximate surface area is 161 Å². The highest BCUT2D eigenvalue weighted by molar-refractivity contribution is 5.96. The summed E-state index contributed by atoms with van der Waals surface area (Å²) in [4.78, 5) is 23.5. The molecule has 3 aromatic heterocycles. The average molecular weight is 370 g/mol. The van der Waals surface area contributed by atoms with E-state index < -0.39 is 0 Å². The molecule has 0 saturated carbocycles. The molecule has 0 atom stereocenters. The lowest BCUT2D eigenvalue weighted by Crippen LogP contribution is -2.59.